The third kappa shape index (κ3) is 4.31. The molecule has 0 aromatic carbocycles. The molecule has 21 heavy (non-hydrogen) atoms. The fourth-order valence-electron chi connectivity index (χ4n) is 3.09. The molecule has 0 spiro atoms. The molecule has 4 atom stereocenters. The largest absolute Gasteiger partial charge is 0.444 e. The van der Waals surface area contributed by atoms with Crippen molar-refractivity contribution >= 4 is 6.09 Å². The number of hydrogen-bond donors (Lipinski definition) is 1. The third-order valence-corrected chi connectivity index (χ3v) is 3.83. The summed E-state index contributed by atoms with van der Waals surface area (Å²) in [6.45, 7) is 12.0. The van der Waals surface area contributed by atoms with Gasteiger partial charge in [0.25, 0.3) is 0 Å². The van der Waals surface area contributed by atoms with Gasteiger partial charge in [-0.2, -0.15) is 0 Å². The van der Waals surface area contributed by atoms with Gasteiger partial charge < -0.3 is 19.5 Å². The second-order valence-corrected chi connectivity index (χ2v) is 7.23. The molecule has 1 amide bonds. The van der Waals surface area contributed by atoms with Gasteiger partial charge in [-0.05, 0) is 34.6 Å². The van der Waals surface area contributed by atoms with E-state index in [4.69, 9.17) is 9.47 Å². The molecule has 6 heteroatoms. The summed E-state index contributed by atoms with van der Waals surface area (Å²) in [5.41, 5.74) is -0.512. The number of amides is 1. The molecule has 0 aromatic heterocycles. The van der Waals surface area contributed by atoms with Crippen LogP contribution in [0.25, 0.3) is 0 Å². The Bertz CT molecular complexity index is 372. The van der Waals surface area contributed by atoms with E-state index < -0.39 is 11.7 Å². The van der Waals surface area contributed by atoms with E-state index in [9.17, 15) is 9.90 Å². The first-order valence-electron chi connectivity index (χ1n) is 7.71. The summed E-state index contributed by atoms with van der Waals surface area (Å²) in [4.78, 5) is 15.9. The monoisotopic (exact) mass is 300 g/mol. The third-order valence-electron chi connectivity index (χ3n) is 3.83. The molecule has 2 fully saturated rings. The molecule has 0 bridgehead atoms. The minimum atomic E-state index is -0.532. The molecule has 122 valence electrons. The molecule has 6 nitrogen and oxygen atoms in total. The fourth-order valence-corrected chi connectivity index (χ4v) is 3.09. The lowest BCUT2D eigenvalue weighted by Gasteiger charge is -2.39. The van der Waals surface area contributed by atoms with Crippen molar-refractivity contribution in [2.45, 2.75) is 64.6 Å². The van der Waals surface area contributed by atoms with Crippen molar-refractivity contribution in [3.63, 3.8) is 0 Å². The lowest BCUT2D eigenvalue weighted by atomic mass is 10.1. The Morgan fingerprint density at radius 1 is 1.14 bits per heavy atom. The van der Waals surface area contributed by atoms with Gasteiger partial charge in [0.1, 0.15) is 5.60 Å². The summed E-state index contributed by atoms with van der Waals surface area (Å²) < 4.78 is 11.1. The number of morpholine rings is 1. The second-order valence-electron chi connectivity index (χ2n) is 7.23. The molecule has 0 radical (unpaired) electrons. The van der Waals surface area contributed by atoms with Crippen molar-refractivity contribution in [3.8, 4) is 0 Å². The molecular weight excluding hydrogens is 272 g/mol. The Balaban J connectivity index is 1.96. The number of ether oxygens (including phenoxy) is 2. The van der Waals surface area contributed by atoms with E-state index in [1.807, 2.05) is 34.6 Å². The lowest BCUT2D eigenvalue weighted by molar-refractivity contribution is -0.0889. The zero-order valence-electron chi connectivity index (χ0n) is 13.7. The minimum absolute atomic E-state index is 0.0358. The van der Waals surface area contributed by atoms with Crippen LogP contribution in [0.15, 0.2) is 0 Å². The minimum Gasteiger partial charge on any atom is -0.444 e. The molecule has 0 aliphatic carbocycles. The van der Waals surface area contributed by atoms with Gasteiger partial charge in [-0.25, -0.2) is 4.79 Å². The summed E-state index contributed by atoms with van der Waals surface area (Å²) in [5.74, 6) is 0. The van der Waals surface area contributed by atoms with E-state index >= 15 is 0 Å². The molecule has 2 heterocycles. The van der Waals surface area contributed by atoms with Crippen LogP contribution in [-0.4, -0.2) is 77.1 Å². The number of aliphatic hydroxyl groups excluding tert-OH is 1. The molecule has 0 saturated carbocycles. The van der Waals surface area contributed by atoms with Gasteiger partial charge >= 0.3 is 6.09 Å². The second kappa shape index (κ2) is 6.10. The van der Waals surface area contributed by atoms with Gasteiger partial charge in [0, 0.05) is 19.6 Å². The fraction of sp³-hybridized carbons (Fsp3) is 0.933. The molecular formula is C15H28N2O4. The number of carbonyl (C=O) groups excluding carboxylic acids is 1. The predicted molar refractivity (Wildman–Crippen MR) is 79.2 cm³/mol. The van der Waals surface area contributed by atoms with Gasteiger partial charge in [-0.3, -0.25) is 4.90 Å². The molecule has 1 N–H and O–H groups in total. The van der Waals surface area contributed by atoms with Crippen molar-refractivity contribution in [1.82, 2.24) is 9.80 Å². The van der Waals surface area contributed by atoms with Crippen LogP contribution in [0.2, 0.25) is 0 Å². The van der Waals surface area contributed by atoms with Crippen LogP contribution >= 0.6 is 0 Å². The van der Waals surface area contributed by atoms with E-state index in [1.165, 1.54) is 0 Å². The average Bonchev–Trinajstić information content (AvgIpc) is 2.68. The number of nitrogens with zero attached hydrogens (tertiary/aromatic N) is 2. The first kappa shape index (κ1) is 16.5. The van der Waals surface area contributed by atoms with Gasteiger partial charge in [0.05, 0.1) is 30.9 Å². The predicted octanol–water partition coefficient (Wildman–Crippen LogP) is 1.08. The highest BCUT2D eigenvalue weighted by molar-refractivity contribution is 5.68. The summed E-state index contributed by atoms with van der Waals surface area (Å²) in [6, 6.07) is -0.0358. The normalized spacial score (nSPS) is 35.0. The van der Waals surface area contributed by atoms with Crippen LogP contribution in [0.4, 0.5) is 4.79 Å². The molecule has 2 unspecified atom stereocenters. The standard InChI is InChI=1S/C15H28N2O4/c1-10-6-16(7-11(2)20-10)12-8-17(9-13(12)18)14(19)21-15(3,4)5/h10-13,18H,6-9H2,1-5H3/t10?,11?,12-,13-/m1/s1. The van der Waals surface area contributed by atoms with Gasteiger partial charge in [0.2, 0.25) is 0 Å². The van der Waals surface area contributed by atoms with Crippen LogP contribution < -0.4 is 0 Å². The van der Waals surface area contributed by atoms with Crippen LogP contribution in [-0.2, 0) is 9.47 Å². The maximum Gasteiger partial charge on any atom is 0.410 e. The average molecular weight is 300 g/mol. The van der Waals surface area contributed by atoms with E-state index in [0.717, 1.165) is 13.1 Å². The topological polar surface area (TPSA) is 62.2 Å². The number of likely N-dealkylation sites (tertiary alicyclic amines) is 1. The van der Waals surface area contributed by atoms with Crippen LogP contribution in [0.3, 0.4) is 0 Å². The molecule has 2 saturated heterocycles. The zero-order chi connectivity index (χ0) is 15.8. The van der Waals surface area contributed by atoms with Gasteiger partial charge in [-0.1, -0.05) is 0 Å². The van der Waals surface area contributed by atoms with Crippen molar-refractivity contribution in [2.75, 3.05) is 26.2 Å². The van der Waals surface area contributed by atoms with E-state index in [0.29, 0.717) is 13.1 Å². The highest BCUT2D eigenvalue weighted by Gasteiger charge is 2.41. The Morgan fingerprint density at radius 2 is 1.71 bits per heavy atom. The molecule has 0 aromatic rings. The first-order chi connectivity index (χ1) is 9.65. The lowest BCUT2D eigenvalue weighted by Crippen LogP contribution is -2.53. The Kier molecular flexibility index (Phi) is 4.80. The highest BCUT2D eigenvalue weighted by atomic mass is 16.6. The van der Waals surface area contributed by atoms with E-state index in [1.54, 1.807) is 4.90 Å². The first-order valence-corrected chi connectivity index (χ1v) is 7.71. The Hall–Kier alpha value is -0.850. The Labute approximate surface area is 127 Å². The summed E-state index contributed by atoms with van der Waals surface area (Å²) in [5, 5.41) is 10.3. The van der Waals surface area contributed by atoms with Crippen molar-refractivity contribution in [3.05, 3.63) is 0 Å². The quantitative estimate of drug-likeness (QED) is 0.785. The Morgan fingerprint density at radius 3 is 2.24 bits per heavy atom. The van der Waals surface area contributed by atoms with Crippen molar-refractivity contribution in [2.24, 2.45) is 0 Å². The zero-order valence-corrected chi connectivity index (χ0v) is 13.7. The molecule has 2 aliphatic heterocycles. The molecule has 2 rings (SSSR count). The van der Waals surface area contributed by atoms with Gasteiger partial charge in [0.15, 0.2) is 0 Å². The maximum absolute atomic E-state index is 12.1. The summed E-state index contributed by atoms with van der Waals surface area (Å²) in [6.07, 6.45) is -0.582. The highest BCUT2D eigenvalue weighted by Crippen LogP contribution is 2.22. The van der Waals surface area contributed by atoms with E-state index in [-0.39, 0.29) is 24.3 Å². The van der Waals surface area contributed by atoms with Gasteiger partial charge in [-0.15, -0.1) is 0 Å². The maximum atomic E-state index is 12.1. The van der Waals surface area contributed by atoms with E-state index in [2.05, 4.69) is 4.90 Å². The molecule has 2 aliphatic rings. The summed E-state index contributed by atoms with van der Waals surface area (Å²) >= 11 is 0. The van der Waals surface area contributed by atoms with Crippen molar-refractivity contribution < 1.29 is 19.4 Å². The number of hydrogen-bond acceptors (Lipinski definition) is 5. The summed E-state index contributed by atoms with van der Waals surface area (Å²) in [7, 11) is 0. The smallest absolute Gasteiger partial charge is 0.410 e. The van der Waals surface area contributed by atoms with Crippen molar-refractivity contribution in [1.29, 1.82) is 0 Å². The SMILES string of the molecule is CC1CN([C@@H]2CN(C(=O)OC(C)(C)C)C[C@H]2O)CC(C)O1. The van der Waals surface area contributed by atoms with Crippen LogP contribution in [0.1, 0.15) is 34.6 Å². The number of rotatable bonds is 1. The number of β-amino-alcohol motifs (C(OH)–C–C–N with tert-alkyl or cyclic N) is 1. The number of carbonyl (C=O) groups is 1. The van der Waals surface area contributed by atoms with Crippen LogP contribution in [0, 0.1) is 0 Å². The van der Waals surface area contributed by atoms with Crippen LogP contribution in [0.5, 0.6) is 0 Å². The number of aliphatic hydroxyl groups is 1.